The lowest BCUT2D eigenvalue weighted by atomic mass is 10.1. The summed E-state index contributed by atoms with van der Waals surface area (Å²) in [6.45, 7) is 3.63. The average Bonchev–Trinajstić information content (AvgIpc) is 2.54. The molecule has 0 aliphatic carbocycles. The van der Waals surface area contributed by atoms with Crippen molar-refractivity contribution in [2.45, 2.75) is 82.1 Å². The van der Waals surface area contributed by atoms with Crippen molar-refractivity contribution in [3.63, 3.8) is 0 Å². The third kappa shape index (κ3) is 15.2. The molecule has 0 unspecified atom stereocenters. The standard InChI is InChI=1S/C14H31N.C2F6NO4S2/c1-4-5-6-7-8-9-10-11-12-13-14-15(2)3;3-1(4,5)14(10,11)9-15(12,13)2(6,7)8/h4-14H2,1-3H3;/q;-1/p+1. The molecule has 0 fully saturated rings. The summed E-state index contributed by atoms with van der Waals surface area (Å²) in [6, 6.07) is 0. The van der Waals surface area contributed by atoms with E-state index in [2.05, 4.69) is 21.0 Å². The van der Waals surface area contributed by atoms with Crippen LogP contribution in [-0.2, 0) is 20.0 Å². The highest BCUT2D eigenvalue weighted by atomic mass is 32.3. The molecule has 0 heterocycles. The fraction of sp³-hybridized carbons (Fsp3) is 1.00. The van der Waals surface area contributed by atoms with Gasteiger partial charge in [0.2, 0.25) is 0 Å². The monoisotopic (exact) mass is 494 g/mol. The van der Waals surface area contributed by atoms with Crippen molar-refractivity contribution in [2.24, 2.45) is 0 Å². The minimum absolute atomic E-state index is 0.778. The normalized spacial score (nSPS) is 13.3. The number of quaternary nitrogens is 1. The van der Waals surface area contributed by atoms with E-state index in [1.54, 1.807) is 4.90 Å². The molecule has 0 radical (unpaired) electrons. The molecule has 0 aromatic heterocycles. The quantitative estimate of drug-likeness (QED) is 0.308. The first-order chi connectivity index (χ1) is 13.5. The van der Waals surface area contributed by atoms with Crippen LogP contribution in [0.25, 0.3) is 4.13 Å². The third-order valence-electron chi connectivity index (χ3n) is 3.81. The Kier molecular flexibility index (Phi) is 15.2. The summed E-state index contributed by atoms with van der Waals surface area (Å²) in [5, 5.41) is 0. The van der Waals surface area contributed by atoms with Gasteiger partial charge in [0.15, 0.2) is 20.0 Å². The van der Waals surface area contributed by atoms with E-state index in [0.717, 1.165) is 4.13 Å². The molecule has 0 bridgehead atoms. The first kappa shape index (κ1) is 31.6. The van der Waals surface area contributed by atoms with Crippen molar-refractivity contribution >= 4 is 20.0 Å². The Balaban J connectivity index is 0. The van der Waals surface area contributed by atoms with Gasteiger partial charge in [0.1, 0.15) is 0 Å². The molecule has 30 heavy (non-hydrogen) atoms. The van der Waals surface area contributed by atoms with Crippen LogP contribution in [0, 0.1) is 0 Å². The van der Waals surface area contributed by atoms with Crippen molar-refractivity contribution in [1.29, 1.82) is 0 Å². The van der Waals surface area contributed by atoms with Gasteiger partial charge >= 0.3 is 11.0 Å². The summed E-state index contributed by atoms with van der Waals surface area (Å²) in [5.41, 5.74) is -12.4. The van der Waals surface area contributed by atoms with Crippen LogP contribution in [0.5, 0.6) is 0 Å². The highest BCUT2D eigenvalue weighted by Gasteiger charge is 2.46. The van der Waals surface area contributed by atoms with E-state index in [4.69, 9.17) is 0 Å². The van der Waals surface area contributed by atoms with Gasteiger partial charge in [-0.3, -0.25) is 0 Å². The number of nitrogens with zero attached hydrogens (tertiary/aromatic N) is 1. The zero-order valence-electron chi connectivity index (χ0n) is 17.4. The molecule has 0 spiro atoms. The molecule has 184 valence electrons. The highest BCUT2D eigenvalue weighted by molar-refractivity contribution is 8.13. The van der Waals surface area contributed by atoms with Crippen LogP contribution in [0.4, 0.5) is 26.3 Å². The molecule has 0 saturated carbocycles. The Bertz CT molecular complexity index is 606. The SMILES string of the molecule is CCCCCCCCCCCC[NH+](C)C.O=S(=O)([N-]S(=O)(=O)C(F)(F)F)C(F)(F)F. The van der Waals surface area contributed by atoms with E-state index in [1.165, 1.54) is 70.8 Å². The molecule has 0 saturated heterocycles. The molecule has 0 rings (SSSR count). The largest absolute Gasteiger partial charge is 0.480 e. The lowest BCUT2D eigenvalue weighted by Gasteiger charge is -2.22. The van der Waals surface area contributed by atoms with Crippen LogP contribution >= 0.6 is 0 Å². The number of rotatable bonds is 13. The van der Waals surface area contributed by atoms with E-state index >= 15 is 0 Å². The molecule has 6 nitrogen and oxygen atoms in total. The Hall–Kier alpha value is -0.600. The lowest BCUT2D eigenvalue weighted by Crippen LogP contribution is -3.05. The molecular formula is C16H32F6N2O4S2. The van der Waals surface area contributed by atoms with E-state index in [-0.39, 0.29) is 0 Å². The predicted molar refractivity (Wildman–Crippen MR) is 103 cm³/mol. The van der Waals surface area contributed by atoms with Crippen molar-refractivity contribution in [3.05, 3.63) is 4.13 Å². The Morgan fingerprint density at radius 2 is 0.933 bits per heavy atom. The maximum atomic E-state index is 11.4. The number of sulfonamides is 2. The Morgan fingerprint density at radius 3 is 1.20 bits per heavy atom. The number of hydrogen-bond acceptors (Lipinski definition) is 4. The van der Waals surface area contributed by atoms with Crippen LogP contribution in [0.15, 0.2) is 0 Å². The summed E-state index contributed by atoms with van der Waals surface area (Å²) >= 11 is 0. The third-order valence-corrected chi connectivity index (χ3v) is 6.55. The zero-order valence-corrected chi connectivity index (χ0v) is 19.1. The number of nitrogens with one attached hydrogen (secondary N) is 1. The summed E-state index contributed by atoms with van der Waals surface area (Å²) in [7, 11) is -8.96. The Morgan fingerprint density at radius 1 is 0.633 bits per heavy atom. The van der Waals surface area contributed by atoms with Crippen LogP contribution in [0.1, 0.15) is 71.1 Å². The van der Waals surface area contributed by atoms with E-state index < -0.39 is 31.1 Å². The van der Waals surface area contributed by atoms with Crippen molar-refractivity contribution in [3.8, 4) is 0 Å². The van der Waals surface area contributed by atoms with Crippen molar-refractivity contribution in [1.82, 2.24) is 0 Å². The molecule has 0 amide bonds. The number of unbranched alkanes of at least 4 members (excludes halogenated alkanes) is 9. The molecule has 0 atom stereocenters. The minimum Gasteiger partial charge on any atom is -0.421 e. The Labute approximate surface area is 175 Å². The maximum Gasteiger partial charge on any atom is 0.480 e. The fourth-order valence-electron chi connectivity index (χ4n) is 2.18. The number of hydrogen-bond donors (Lipinski definition) is 1. The van der Waals surface area contributed by atoms with Crippen LogP contribution in [0.2, 0.25) is 0 Å². The van der Waals surface area contributed by atoms with Gasteiger partial charge < -0.3 is 9.03 Å². The second kappa shape index (κ2) is 14.5. The average molecular weight is 495 g/mol. The van der Waals surface area contributed by atoms with Crippen LogP contribution in [0.3, 0.4) is 0 Å². The lowest BCUT2D eigenvalue weighted by molar-refractivity contribution is -0.858. The molecular weight excluding hydrogens is 462 g/mol. The van der Waals surface area contributed by atoms with E-state index in [0.29, 0.717) is 0 Å². The van der Waals surface area contributed by atoms with Gasteiger partial charge in [0, 0.05) is 0 Å². The smallest absolute Gasteiger partial charge is 0.421 e. The fourth-order valence-corrected chi connectivity index (χ4v) is 3.89. The molecule has 0 aliphatic rings. The topological polar surface area (TPSA) is 86.8 Å². The van der Waals surface area contributed by atoms with Crippen molar-refractivity contribution < 1.29 is 48.1 Å². The molecule has 0 aliphatic heterocycles. The maximum absolute atomic E-state index is 11.4. The first-order valence-electron chi connectivity index (χ1n) is 9.63. The van der Waals surface area contributed by atoms with E-state index in [1.807, 2.05) is 0 Å². The minimum atomic E-state index is -6.72. The second-order valence-electron chi connectivity index (χ2n) is 7.06. The van der Waals surface area contributed by atoms with Gasteiger partial charge in [-0.05, 0) is 12.8 Å². The summed E-state index contributed by atoms with van der Waals surface area (Å²) < 4.78 is 109. The van der Waals surface area contributed by atoms with Gasteiger partial charge in [-0.1, -0.05) is 58.3 Å². The van der Waals surface area contributed by atoms with Gasteiger partial charge in [-0.25, -0.2) is 16.8 Å². The summed E-state index contributed by atoms with van der Waals surface area (Å²) in [5.74, 6) is 0. The first-order valence-corrected chi connectivity index (χ1v) is 12.5. The zero-order chi connectivity index (χ0) is 24.1. The second-order valence-corrected chi connectivity index (χ2v) is 10.5. The van der Waals surface area contributed by atoms with E-state index in [9.17, 15) is 43.2 Å². The molecule has 1 N–H and O–H groups in total. The van der Waals surface area contributed by atoms with Gasteiger partial charge in [0.25, 0.3) is 0 Å². The molecule has 0 aromatic carbocycles. The van der Waals surface area contributed by atoms with Crippen LogP contribution in [-0.4, -0.2) is 48.5 Å². The van der Waals surface area contributed by atoms with Crippen LogP contribution < -0.4 is 4.90 Å². The van der Waals surface area contributed by atoms with Gasteiger partial charge in [-0.2, -0.15) is 26.3 Å². The summed E-state index contributed by atoms with van der Waals surface area (Å²) in [4.78, 5) is 1.59. The predicted octanol–water partition coefficient (Wildman–Crippen LogP) is 4.11. The number of alkyl halides is 6. The van der Waals surface area contributed by atoms with Crippen molar-refractivity contribution in [2.75, 3.05) is 20.6 Å². The molecule has 0 aromatic rings. The van der Waals surface area contributed by atoms with Gasteiger partial charge in [0.05, 0.1) is 20.6 Å². The number of halogens is 6. The summed E-state index contributed by atoms with van der Waals surface area (Å²) in [6.07, 6.45) is 14.5. The highest BCUT2D eigenvalue weighted by Crippen LogP contribution is 2.36. The van der Waals surface area contributed by atoms with Gasteiger partial charge in [-0.15, -0.1) is 0 Å². The molecule has 14 heteroatoms.